The number of rotatable bonds is 7. The average molecular weight is 599 g/mol. The second-order valence-electron chi connectivity index (χ2n) is 9.37. The van der Waals surface area contributed by atoms with Crippen LogP contribution >= 0.6 is 0 Å². The summed E-state index contributed by atoms with van der Waals surface area (Å²) in [5, 5.41) is 7.61. The molecule has 2 aromatic heterocycles. The molecule has 11 nitrogen and oxygen atoms in total. The fourth-order valence-corrected chi connectivity index (χ4v) is 6.28. The van der Waals surface area contributed by atoms with Gasteiger partial charge in [0.25, 0.3) is 5.56 Å². The van der Waals surface area contributed by atoms with E-state index in [4.69, 9.17) is 4.74 Å². The molecule has 2 aromatic rings. The molecule has 2 N–H and O–H groups in total. The lowest BCUT2D eigenvalue weighted by molar-refractivity contribution is -0.138. The van der Waals surface area contributed by atoms with E-state index in [9.17, 15) is 44.3 Å². The lowest BCUT2D eigenvalue weighted by atomic mass is 10.1. The summed E-state index contributed by atoms with van der Waals surface area (Å²) in [4.78, 5) is 30.6. The highest BCUT2D eigenvalue weighted by molar-refractivity contribution is 7.91. The van der Waals surface area contributed by atoms with Crippen molar-refractivity contribution in [2.24, 2.45) is 0 Å². The molecule has 18 heteroatoms. The third-order valence-corrected chi connectivity index (χ3v) is 8.18. The highest BCUT2D eigenvalue weighted by Gasteiger charge is 2.43. The molecule has 4 rings (SSSR count). The molecular formula is C22H24F6N6O5S. The van der Waals surface area contributed by atoms with Crippen molar-refractivity contribution in [2.45, 2.75) is 42.7 Å². The van der Waals surface area contributed by atoms with Gasteiger partial charge in [0.1, 0.15) is 16.3 Å². The number of amides is 1. The molecule has 40 heavy (non-hydrogen) atoms. The van der Waals surface area contributed by atoms with Gasteiger partial charge < -0.3 is 19.9 Å². The molecule has 0 aromatic carbocycles. The summed E-state index contributed by atoms with van der Waals surface area (Å²) in [7, 11) is -4.09. The van der Waals surface area contributed by atoms with Crippen molar-refractivity contribution in [3.05, 3.63) is 39.9 Å². The van der Waals surface area contributed by atoms with Crippen LogP contribution in [0.2, 0.25) is 0 Å². The van der Waals surface area contributed by atoms with E-state index in [0.29, 0.717) is 12.3 Å². The number of nitrogens with one attached hydrogen (secondary N) is 2. The number of H-pyrrole nitrogens is 1. The molecule has 2 atom stereocenters. The number of hydrogen-bond donors (Lipinski definition) is 2. The largest absolute Gasteiger partial charge is 0.423 e. The first-order chi connectivity index (χ1) is 18.6. The number of alkyl halides is 6. The van der Waals surface area contributed by atoms with E-state index < -0.39 is 67.3 Å². The molecule has 4 heterocycles. The quantitative estimate of drug-likeness (QED) is 0.362. The zero-order valence-electron chi connectivity index (χ0n) is 20.8. The predicted octanol–water partition coefficient (Wildman–Crippen LogP) is 1.91. The van der Waals surface area contributed by atoms with E-state index in [1.54, 1.807) is 10.00 Å². The summed E-state index contributed by atoms with van der Waals surface area (Å²) in [5.41, 5.74) is -4.50. The highest BCUT2D eigenvalue weighted by atomic mass is 32.2. The van der Waals surface area contributed by atoms with Crippen molar-refractivity contribution in [2.75, 3.05) is 48.8 Å². The smallest absolute Gasteiger partial charge is 0.379 e. The fraction of sp³-hybridized carbons (Fsp3) is 0.545. The number of ether oxygens (including phenoxy) is 1. The van der Waals surface area contributed by atoms with Gasteiger partial charge >= 0.3 is 12.4 Å². The minimum Gasteiger partial charge on any atom is -0.379 e. The minimum atomic E-state index is -4.91. The molecule has 0 bridgehead atoms. The average Bonchev–Trinajstić information content (AvgIpc) is 2.84. The van der Waals surface area contributed by atoms with Gasteiger partial charge in [-0.15, -0.1) is 0 Å². The molecule has 220 valence electrons. The third-order valence-electron chi connectivity index (χ3n) is 6.38. The van der Waals surface area contributed by atoms with E-state index in [2.05, 4.69) is 15.4 Å². The number of aromatic nitrogens is 3. The van der Waals surface area contributed by atoms with Crippen LogP contribution in [-0.4, -0.2) is 85.1 Å². The number of carbonyl (C=O) groups is 1. The second-order valence-corrected chi connectivity index (χ2v) is 11.4. The fourth-order valence-electron chi connectivity index (χ4n) is 4.56. The Morgan fingerprint density at radius 2 is 1.93 bits per heavy atom. The van der Waals surface area contributed by atoms with Gasteiger partial charge in [-0.3, -0.25) is 9.59 Å². The van der Waals surface area contributed by atoms with Gasteiger partial charge in [-0.1, -0.05) is 0 Å². The lowest BCUT2D eigenvalue weighted by Crippen LogP contribution is -2.59. The molecular weight excluding hydrogens is 574 g/mol. The van der Waals surface area contributed by atoms with Crippen LogP contribution in [0, 0.1) is 0 Å². The predicted molar refractivity (Wildman–Crippen MR) is 127 cm³/mol. The van der Waals surface area contributed by atoms with Crippen LogP contribution in [-0.2, 0) is 31.7 Å². The van der Waals surface area contributed by atoms with Crippen LogP contribution in [0.15, 0.2) is 28.2 Å². The van der Waals surface area contributed by atoms with Crippen LogP contribution in [0.4, 0.5) is 37.8 Å². The number of sulfone groups is 1. The summed E-state index contributed by atoms with van der Waals surface area (Å²) in [6, 6.07) is -0.800. The molecule has 0 aliphatic carbocycles. The topological polar surface area (TPSA) is 138 Å². The molecule has 1 saturated heterocycles. The summed E-state index contributed by atoms with van der Waals surface area (Å²) >= 11 is 0. The Bertz CT molecular complexity index is 1430. The van der Waals surface area contributed by atoms with Crippen molar-refractivity contribution in [3.8, 4) is 0 Å². The summed E-state index contributed by atoms with van der Waals surface area (Å²) in [5.74, 6) is -0.920. The molecule has 2 aliphatic rings. The SMILES string of the molecule is C[C@@H](COCCC(=O)N1CCN2c3ncc(C(F)(F)F)cc3S(=O)(=O)C[C@H]2C1)Nc1cn[nH]c(=O)c1C(F)(F)F. The Hall–Kier alpha value is -3.41. The van der Waals surface area contributed by atoms with Crippen molar-refractivity contribution < 1.29 is 44.3 Å². The van der Waals surface area contributed by atoms with E-state index in [1.165, 1.54) is 11.8 Å². The first kappa shape index (κ1) is 29.6. The molecule has 1 amide bonds. The Morgan fingerprint density at radius 1 is 1.20 bits per heavy atom. The standard InChI is InChI=1S/C22H24F6N6O5S/c1-12(31-15-8-30-32-20(36)18(15)22(26,27)28)10-39-5-2-17(35)33-3-4-34-14(9-33)11-40(37,38)16-6-13(21(23,24)25)7-29-19(16)34/h6-8,12,14H,2-5,9-11H2,1H3,(H2,31,32,36)/t12-,14+/m0/s1. The number of pyridine rings is 1. The Kier molecular flexibility index (Phi) is 8.04. The summed E-state index contributed by atoms with van der Waals surface area (Å²) in [6.45, 7) is 1.66. The van der Waals surface area contributed by atoms with E-state index in [-0.39, 0.29) is 51.0 Å². The summed E-state index contributed by atoms with van der Waals surface area (Å²) in [6.07, 6.45) is -8.34. The molecule has 0 radical (unpaired) electrons. The van der Waals surface area contributed by atoms with E-state index in [0.717, 1.165) is 6.20 Å². The van der Waals surface area contributed by atoms with Gasteiger partial charge in [0.15, 0.2) is 9.84 Å². The Morgan fingerprint density at radius 3 is 2.60 bits per heavy atom. The van der Waals surface area contributed by atoms with Crippen LogP contribution in [0.1, 0.15) is 24.5 Å². The Labute approximate surface area is 223 Å². The molecule has 0 spiro atoms. The first-order valence-electron chi connectivity index (χ1n) is 11.9. The van der Waals surface area contributed by atoms with Crippen LogP contribution in [0.25, 0.3) is 0 Å². The van der Waals surface area contributed by atoms with Gasteiger partial charge in [-0.2, -0.15) is 31.4 Å². The number of aromatic amines is 1. The Balaban J connectivity index is 1.30. The van der Waals surface area contributed by atoms with Crippen LogP contribution in [0.3, 0.4) is 0 Å². The number of halogens is 6. The van der Waals surface area contributed by atoms with Gasteiger partial charge in [0, 0.05) is 31.9 Å². The normalized spacial score (nSPS) is 19.5. The van der Waals surface area contributed by atoms with Gasteiger partial charge in [-0.05, 0) is 13.0 Å². The van der Waals surface area contributed by atoms with Crippen LogP contribution < -0.4 is 15.8 Å². The van der Waals surface area contributed by atoms with Crippen LogP contribution in [0.5, 0.6) is 0 Å². The molecule has 0 unspecified atom stereocenters. The number of nitrogens with zero attached hydrogens (tertiary/aromatic N) is 4. The third kappa shape index (κ3) is 6.32. The number of piperazine rings is 1. The zero-order valence-corrected chi connectivity index (χ0v) is 21.7. The van der Waals surface area contributed by atoms with Gasteiger partial charge in [-0.25, -0.2) is 18.5 Å². The van der Waals surface area contributed by atoms with Crippen molar-refractivity contribution >= 4 is 27.2 Å². The first-order valence-corrected chi connectivity index (χ1v) is 13.6. The summed E-state index contributed by atoms with van der Waals surface area (Å²) < 4.78 is 110. The zero-order chi connectivity index (χ0) is 29.5. The van der Waals surface area contributed by atoms with Gasteiger partial charge in [0.2, 0.25) is 5.91 Å². The lowest BCUT2D eigenvalue weighted by Gasteiger charge is -2.44. The second kappa shape index (κ2) is 10.9. The number of fused-ring (bicyclic) bond motifs is 3. The number of hydrogen-bond acceptors (Lipinski definition) is 9. The highest BCUT2D eigenvalue weighted by Crippen LogP contribution is 2.38. The maximum Gasteiger partial charge on any atom is 0.423 e. The van der Waals surface area contributed by atoms with Crippen molar-refractivity contribution in [1.82, 2.24) is 20.1 Å². The maximum absolute atomic E-state index is 13.2. The monoisotopic (exact) mass is 598 g/mol. The van der Waals surface area contributed by atoms with E-state index >= 15 is 0 Å². The number of anilines is 2. The van der Waals surface area contributed by atoms with E-state index in [1.807, 2.05) is 0 Å². The van der Waals surface area contributed by atoms with Crippen molar-refractivity contribution in [1.29, 1.82) is 0 Å². The molecule has 1 fully saturated rings. The van der Waals surface area contributed by atoms with Crippen molar-refractivity contribution in [3.63, 3.8) is 0 Å². The number of carbonyl (C=O) groups excluding carboxylic acids is 1. The molecule has 0 saturated carbocycles. The minimum absolute atomic E-state index is 0.00787. The molecule has 2 aliphatic heterocycles. The van der Waals surface area contributed by atoms with Gasteiger partial charge in [0.05, 0.1) is 48.9 Å². The maximum atomic E-state index is 13.2.